The van der Waals surface area contributed by atoms with Gasteiger partial charge < -0.3 is 14.8 Å². The first-order chi connectivity index (χ1) is 7.86. The van der Waals surface area contributed by atoms with Crippen LogP contribution in [-0.2, 0) is 14.3 Å². The number of nitrogens with zero attached hydrogens (tertiary/aromatic N) is 1. The first kappa shape index (κ1) is 11.8. The van der Waals surface area contributed by atoms with Crippen molar-refractivity contribution in [2.24, 2.45) is 0 Å². The highest BCUT2D eigenvalue weighted by molar-refractivity contribution is 5.80. The molecule has 1 atom stereocenters. The van der Waals surface area contributed by atoms with Crippen LogP contribution in [0.25, 0.3) is 0 Å². The molecule has 0 aromatic carbocycles. The molecule has 1 N–H and O–H groups in total. The van der Waals surface area contributed by atoms with Gasteiger partial charge in [0.05, 0.1) is 13.2 Å². The zero-order valence-electron chi connectivity index (χ0n) is 9.61. The van der Waals surface area contributed by atoms with E-state index in [0.29, 0.717) is 6.54 Å². The predicted molar refractivity (Wildman–Crippen MR) is 59.2 cm³/mol. The summed E-state index contributed by atoms with van der Waals surface area (Å²) in [6.07, 6.45) is 1.66. The maximum Gasteiger partial charge on any atom is 0.249 e. The molecule has 2 rings (SSSR count). The van der Waals surface area contributed by atoms with Crippen LogP contribution < -0.4 is 5.32 Å². The van der Waals surface area contributed by atoms with E-state index in [1.54, 1.807) is 0 Å². The molecule has 2 heterocycles. The van der Waals surface area contributed by atoms with Crippen molar-refractivity contribution in [3.8, 4) is 0 Å². The van der Waals surface area contributed by atoms with E-state index in [0.717, 1.165) is 52.3 Å². The van der Waals surface area contributed by atoms with Crippen LogP contribution in [0.4, 0.5) is 0 Å². The highest BCUT2D eigenvalue weighted by Crippen LogP contribution is 2.11. The first-order valence-electron chi connectivity index (χ1n) is 6.06. The zero-order valence-corrected chi connectivity index (χ0v) is 9.61. The monoisotopic (exact) mass is 228 g/mol. The van der Waals surface area contributed by atoms with Gasteiger partial charge in [-0.1, -0.05) is 0 Å². The van der Waals surface area contributed by atoms with E-state index >= 15 is 0 Å². The van der Waals surface area contributed by atoms with Gasteiger partial charge in [0.1, 0.15) is 6.10 Å². The molecule has 0 aromatic heterocycles. The Morgan fingerprint density at radius 3 is 2.81 bits per heavy atom. The Morgan fingerprint density at radius 2 is 2.12 bits per heavy atom. The molecule has 5 nitrogen and oxygen atoms in total. The Morgan fingerprint density at radius 1 is 1.31 bits per heavy atom. The second-order valence-electron chi connectivity index (χ2n) is 4.25. The molecule has 5 heteroatoms. The Bertz CT molecular complexity index is 223. The number of carbonyl (C=O) groups excluding carboxylic acids is 1. The van der Waals surface area contributed by atoms with Crippen LogP contribution in [0.3, 0.4) is 0 Å². The van der Waals surface area contributed by atoms with Crippen LogP contribution in [0.1, 0.15) is 12.8 Å². The number of hydrogen-bond acceptors (Lipinski definition) is 4. The topological polar surface area (TPSA) is 50.8 Å². The summed E-state index contributed by atoms with van der Waals surface area (Å²) in [5.74, 6) is 0.0470. The minimum Gasteiger partial charge on any atom is -0.379 e. The van der Waals surface area contributed by atoms with Gasteiger partial charge in [-0.3, -0.25) is 9.69 Å². The van der Waals surface area contributed by atoms with Gasteiger partial charge in [0, 0.05) is 32.8 Å². The summed E-state index contributed by atoms with van der Waals surface area (Å²) < 4.78 is 10.6. The lowest BCUT2D eigenvalue weighted by atomic mass is 10.2. The largest absolute Gasteiger partial charge is 0.379 e. The third kappa shape index (κ3) is 3.43. The number of rotatable bonds is 4. The molecule has 92 valence electrons. The van der Waals surface area contributed by atoms with Crippen LogP contribution in [0, 0.1) is 0 Å². The lowest BCUT2D eigenvalue weighted by molar-refractivity contribution is -0.130. The van der Waals surface area contributed by atoms with Gasteiger partial charge in [-0.15, -0.1) is 0 Å². The van der Waals surface area contributed by atoms with Gasteiger partial charge in [-0.25, -0.2) is 0 Å². The number of carbonyl (C=O) groups is 1. The van der Waals surface area contributed by atoms with E-state index in [1.807, 2.05) is 0 Å². The number of nitrogens with one attached hydrogen (secondary N) is 1. The molecule has 0 bridgehead atoms. The van der Waals surface area contributed by atoms with Crippen molar-refractivity contribution in [2.45, 2.75) is 18.9 Å². The minimum atomic E-state index is -0.204. The van der Waals surface area contributed by atoms with Crippen molar-refractivity contribution in [1.29, 1.82) is 0 Å². The summed E-state index contributed by atoms with van der Waals surface area (Å²) in [7, 11) is 0. The minimum absolute atomic E-state index is 0.0470. The van der Waals surface area contributed by atoms with Gasteiger partial charge in [0.25, 0.3) is 0 Å². The molecule has 0 radical (unpaired) electrons. The smallest absolute Gasteiger partial charge is 0.249 e. The van der Waals surface area contributed by atoms with Crippen molar-refractivity contribution in [3.63, 3.8) is 0 Å². The number of amides is 1. The lowest BCUT2D eigenvalue weighted by Crippen LogP contribution is -2.43. The predicted octanol–water partition coefficient (Wildman–Crippen LogP) is -0.386. The normalized spacial score (nSPS) is 26.9. The highest BCUT2D eigenvalue weighted by atomic mass is 16.5. The average molecular weight is 228 g/mol. The molecule has 2 saturated heterocycles. The molecule has 2 fully saturated rings. The molecule has 0 spiro atoms. The Hall–Kier alpha value is -0.650. The SMILES string of the molecule is O=C(NCCN1CCOCC1)[C@@H]1CCCO1. The maximum absolute atomic E-state index is 11.6. The van der Waals surface area contributed by atoms with Gasteiger partial charge >= 0.3 is 0 Å². The maximum atomic E-state index is 11.6. The number of hydrogen-bond donors (Lipinski definition) is 1. The number of ether oxygens (including phenoxy) is 2. The summed E-state index contributed by atoms with van der Waals surface area (Å²) in [5.41, 5.74) is 0. The van der Waals surface area contributed by atoms with Crippen LogP contribution in [-0.4, -0.2) is 62.9 Å². The standard InChI is InChI=1S/C11H20N2O3/c14-11(10-2-1-7-16-10)12-3-4-13-5-8-15-9-6-13/h10H,1-9H2,(H,12,14)/t10-/m0/s1. The zero-order chi connectivity index (χ0) is 11.2. The van der Waals surface area contributed by atoms with Crippen molar-refractivity contribution < 1.29 is 14.3 Å². The molecule has 0 aliphatic carbocycles. The fourth-order valence-electron chi connectivity index (χ4n) is 2.06. The van der Waals surface area contributed by atoms with E-state index in [-0.39, 0.29) is 12.0 Å². The Balaban J connectivity index is 1.57. The van der Waals surface area contributed by atoms with E-state index in [2.05, 4.69) is 10.2 Å². The van der Waals surface area contributed by atoms with Crippen molar-refractivity contribution in [2.75, 3.05) is 46.0 Å². The summed E-state index contributed by atoms with van der Waals surface area (Å²) in [6, 6.07) is 0. The van der Waals surface area contributed by atoms with E-state index in [9.17, 15) is 4.79 Å². The average Bonchev–Trinajstić information content (AvgIpc) is 2.84. The molecule has 0 aromatic rings. The fourth-order valence-corrected chi connectivity index (χ4v) is 2.06. The van der Waals surface area contributed by atoms with Crippen LogP contribution in [0.2, 0.25) is 0 Å². The molecule has 0 saturated carbocycles. The van der Waals surface area contributed by atoms with Crippen molar-refractivity contribution >= 4 is 5.91 Å². The van der Waals surface area contributed by atoms with E-state index in [1.165, 1.54) is 0 Å². The van der Waals surface area contributed by atoms with Crippen molar-refractivity contribution in [3.05, 3.63) is 0 Å². The summed E-state index contributed by atoms with van der Waals surface area (Å²) >= 11 is 0. The first-order valence-corrected chi connectivity index (χ1v) is 6.06. The third-order valence-electron chi connectivity index (χ3n) is 3.05. The van der Waals surface area contributed by atoms with Crippen LogP contribution in [0.15, 0.2) is 0 Å². The third-order valence-corrected chi connectivity index (χ3v) is 3.05. The molecule has 16 heavy (non-hydrogen) atoms. The molecule has 2 aliphatic rings. The summed E-state index contributed by atoms with van der Waals surface area (Å²) in [5, 5.41) is 2.93. The van der Waals surface area contributed by atoms with Gasteiger partial charge in [0.15, 0.2) is 0 Å². The summed E-state index contributed by atoms with van der Waals surface area (Å²) in [6.45, 7) is 5.88. The van der Waals surface area contributed by atoms with E-state index in [4.69, 9.17) is 9.47 Å². The second-order valence-corrected chi connectivity index (χ2v) is 4.25. The molecule has 0 unspecified atom stereocenters. The Labute approximate surface area is 96.1 Å². The van der Waals surface area contributed by atoms with Gasteiger partial charge in [-0.05, 0) is 12.8 Å². The van der Waals surface area contributed by atoms with Gasteiger partial charge in [-0.2, -0.15) is 0 Å². The van der Waals surface area contributed by atoms with Crippen molar-refractivity contribution in [1.82, 2.24) is 10.2 Å². The van der Waals surface area contributed by atoms with Crippen LogP contribution in [0.5, 0.6) is 0 Å². The van der Waals surface area contributed by atoms with E-state index < -0.39 is 0 Å². The van der Waals surface area contributed by atoms with Gasteiger partial charge in [0.2, 0.25) is 5.91 Å². The van der Waals surface area contributed by atoms with Crippen LogP contribution >= 0.6 is 0 Å². The Kier molecular flexibility index (Phi) is 4.56. The molecule has 2 aliphatic heterocycles. The molecular formula is C11H20N2O3. The molecule has 1 amide bonds. The fraction of sp³-hybridized carbons (Fsp3) is 0.909. The quantitative estimate of drug-likeness (QED) is 0.712. The summed E-state index contributed by atoms with van der Waals surface area (Å²) in [4.78, 5) is 13.9. The highest BCUT2D eigenvalue weighted by Gasteiger charge is 2.23. The molecular weight excluding hydrogens is 208 g/mol. The number of morpholine rings is 1. The lowest BCUT2D eigenvalue weighted by Gasteiger charge is -2.26. The second kappa shape index (κ2) is 6.18.